The lowest BCUT2D eigenvalue weighted by atomic mass is 9.87. The second-order valence-corrected chi connectivity index (χ2v) is 6.87. The van der Waals surface area contributed by atoms with Gasteiger partial charge in [0.2, 0.25) is 5.91 Å². The Labute approximate surface area is 151 Å². The van der Waals surface area contributed by atoms with Crippen molar-refractivity contribution in [1.29, 1.82) is 0 Å². The Balaban J connectivity index is 1.84. The number of halogens is 1. The van der Waals surface area contributed by atoms with Gasteiger partial charge in [-0.25, -0.2) is 4.68 Å². The largest absolute Gasteiger partial charge is 0.310 e. The number of aryl methyl sites for hydroxylation is 1. The molecule has 3 aromatic rings. The van der Waals surface area contributed by atoms with E-state index in [-0.39, 0.29) is 11.8 Å². The van der Waals surface area contributed by atoms with Crippen molar-refractivity contribution in [3.05, 3.63) is 75.9 Å². The quantitative estimate of drug-likeness (QED) is 0.732. The number of amides is 1. The molecule has 1 N–H and O–H groups in total. The lowest BCUT2D eigenvalue weighted by Crippen LogP contribution is -2.24. The van der Waals surface area contributed by atoms with E-state index < -0.39 is 0 Å². The number of aromatic nitrogens is 2. The maximum Gasteiger partial charge on any atom is 0.226 e. The van der Waals surface area contributed by atoms with Crippen molar-refractivity contribution in [3.8, 4) is 5.69 Å². The van der Waals surface area contributed by atoms with Crippen molar-refractivity contribution in [2.45, 2.75) is 26.2 Å². The van der Waals surface area contributed by atoms with E-state index in [0.29, 0.717) is 11.4 Å². The molecule has 0 aliphatic carbocycles. The van der Waals surface area contributed by atoms with Crippen molar-refractivity contribution < 1.29 is 4.79 Å². The van der Waals surface area contributed by atoms with Gasteiger partial charge >= 0.3 is 0 Å². The zero-order chi connectivity index (χ0) is 17.6. The molecule has 2 aromatic carbocycles. The van der Waals surface area contributed by atoms with Gasteiger partial charge in [-0.1, -0.05) is 47.5 Å². The number of benzene rings is 2. The normalized spacial score (nSPS) is 16.4. The highest BCUT2D eigenvalue weighted by Gasteiger charge is 2.30. The summed E-state index contributed by atoms with van der Waals surface area (Å²) in [7, 11) is 0. The first-order chi connectivity index (χ1) is 12.0. The zero-order valence-corrected chi connectivity index (χ0v) is 14.8. The monoisotopic (exact) mass is 351 g/mol. The Bertz CT molecular complexity index is 960. The minimum atomic E-state index is -0.000457. The summed E-state index contributed by atoms with van der Waals surface area (Å²) in [4.78, 5) is 12.3. The lowest BCUT2D eigenvalue weighted by Gasteiger charge is -2.24. The number of rotatable bonds is 2. The van der Waals surface area contributed by atoms with E-state index in [9.17, 15) is 4.79 Å². The highest BCUT2D eigenvalue weighted by molar-refractivity contribution is 6.31. The number of carbonyl (C=O) groups is 1. The third kappa shape index (κ3) is 2.72. The van der Waals surface area contributed by atoms with Crippen LogP contribution in [0, 0.1) is 13.8 Å². The fraction of sp³-hybridized carbons (Fsp3) is 0.200. The number of anilines is 1. The summed E-state index contributed by atoms with van der Waals surface area (Å²) in [5, 5.41) is 8.20. The molecule has 25 heavy (non-hydrogen) atoms. The van der Waals surface area contributed by atoms with E-state index in [1.54, 1.807) is 4.68 Å². The topological polar surface area (TPSA) is 46.9 Å². The molecule has 1 atom stereocenters. The zero-order valence-electron chi connectivity index (χ0n) is 14.1. The van der Waals surface area contributed by atoms with Gasteiger partial charge in [-0.2, -0.15) is 5.10 Å². The summed E-state index contributed by atoms with van der Waals surface area (Å²) >= 11 is 6.25. The van der Waals surface area contributed by atoms with Gasteiger partial charge in [0.15, 0.2) is 0 Å². The number of hydrogen-bond acceptors (Lipinski definition) is 2. The van der Waals surface area contributed by atoms with Crippen molar-refractivity contribution in [2.24, 2.45) is 0 Å². The van der Waals surface area contributed by atoms with Gasteiger partial charge < -0.3 is 5.32 Å². The molecular weight excluding hydrogens is 334 g/mol. The minimum Gasteiger partial charge on any atom is -0.310 e. The molecular formula is C20H18ClN3O. The molecule has 2 heterocycles. The maximum atomic E-state index is 12.3. The number of carbonyl (C=O) groups excluding carboxylic acids is 1. The Morgan fingerprint density at radius 3 is 2.68 bits per heavy atom. The molecule has 4 rings (SSSR count). The summed E-state index contributed by atoms with van der Waals surface area (Å²) in [6.45, 7) is 4.01. The van der Waals surface area contributed by atoms with Crippen LogP contribution in [-0.4, -0.2) is 15.7 Å². The Hall–Kier alpha value is -2.59. The molecule has 0 bridgehead atoms. The van der Waals surface area contributed by atoms with E-state index in [0.717, 1.165) is 28.2 Å². The van der Waals surface area contributed by atoms with Gasteiger partial charge in [-0.15, -0.1) is 0 Å². The van der Waals surface area contributed by atoms with Crippen molar-refractivity contribution in [3.63, 3.8) is 0 Å². The lowest BCUT2D eigenvalue weighted by molar-refractivity contribution is -0.116. The molecule has 5 heteroatoms. The average molecular weight is 352 g/mol. The second kappa shape index (κ2) is 6.05. The molecule has 0 saturated carbocycles. The van der Waals surface area contributed by atoms with Crippen molar-refractivity contribution in [1.82, 2.24) is 9.78 Å². The summed E-state index contributed by atoms with van der Waals surface area (Å²) in [5.74, 6) is 0.740. The van der Waals surface area contributed by atoms with E-state index in [2.05, 4.69) is 41.6 Å². The van der Waals surface area contributed by atoms with E-state index in [4.69, 9.17) is 11.6 Å². The molecule has 0 saturated heterocycles. The molecule has 1 aromatic heterocycles. The number of hydrogen-bond donors (Lipinski definition) is 1. The summed E-state index contributed by atoms with van der Waals surface area (Å²) in [6.07, 6.45) is 2.27. The van der Waals surface area contributed by atoms with Crippen LogP contribution in [0.15, 0.2) is 48.7 Å². The van der Waals surface area contributed by atoms with E-state index in [1.165, 1.54) is 5.56 Å². The molecule has 1 unspecified atom stereocenters. The standard InChI is InChI=1S/C20H18ClN3O/c1-12-6-8-14(9-7-12)15-10-19(25)23-20-16(15)11-22-24(20)18-5-3-4-17(21)13(18)2/h3-9,11,15H,10H2,1-2H3,(H,23,25). The minimum absolute atomic E-state index is 0.000457. The van der Waals surface area contributed by atoms with Gasteiger partial charge in [-0.3, -0.25) is 4.79 Å². The number of fused-ring (bicyclic) bond motifs is 1. The first-order valence-electron chi connectivity index (χ1n) is 8.24. The third-order valence-corrected chi connectivity index (χ3v) is 5.18. The van der Waals surface area contributed by atoms with Crippen molar-refractivity contribution >= 4 is 23.3 Å². The van der Waals surface area contributed by atoms with Crippen LogP contribution >= 0.6 is 11.6 Å². The Morgan fingerprint density at radius 2 is 1.92 bits per heavy atom. The van der Waals surface area contributed by atoms with Gasteiger partial charge in [0, 0.05) is 22.9 Å². The molecule has 1 aliphatic heterocycles. The Kier molecular flexibility index (Phi) is 3.85. The van der Waals surface area contributed by atoms with Gasteiger partial charge in [0.05, 0.1) is 11.9 Å². The third-order valence-electron chi connectivity index (χ3n) is 4.77. The van der Waals surface area contributed by atoms with Crippen LogP contribution in [0.25, 0.3) is 5.69 Å². The summed E-state index contributed by atoms with van der Waals surface area (Å²) in [5.41, 5.74) is 5.17. The summed E-state index contributed by atoms with van der Waals surface area (Å²) in [6, 6.07) is 14.0. The molecule has 0 fully saturated rings. The summed E-state index contributed by atoms with van der Waals surface area (Å²) < 4.78 is 1.77. The van der Waals surface area contributed by atoms with Gasteiger partial charge in [0.1, 0.15) is 5.82 Å². The molecule has 0 radical (unpaired) electrons. The van der Waals surface area contributed by atoms with Crippen LogP contribution in [0.3, 0.4) is 0 Å². The van der Waals surface area contributed by atoms with Crippen molar-refractivity contribution in [2.75, 3.05) is 5.32 Å². The molecule has 4 nitrogen and oxygen atoms in total. The Morgan fingerprint density at radius 1 is 1.16 bits per heavy atom. The second-order valence-electron chi connectivity index (χ2n) is 6.46. The number of nitrogens with zero attached hydrogens (tertiary/aromatic N) is 2. The first kappa shape index (κ1) is 15.9. The van der Waals surface area contributed by atoms with E-state index in [1.807, 2.05) is 31.3 Å². The van der Waals surface area contributed by atoms with Crippen LogP contribution < -0.4 is 5.32 Å². The van der Waals surface area contributed by atoms with E-state index >= 15 is 0 Å². The molecule has 0 spiro atoms. The fourth-order valence-electron chi connectivity index (χ4n) is 3.32. The average Bonchev–Trinajstić information content (AvgIpc) is 3.01. The van der Waals surface area contributed by atoms with Gasteiger partial charge in [-0.05, 0) is 37.1 Å². The van der Waals surface area contributed by atoms with Crippen LogP contribution in [0.1, 0.15) is 34.6 Å². The first-order valence-corrected chi connectivity index (χ1v) is 8.62. The van der Waals surface area contributed by atoms with Crippen LogP contribution in [-0.2, 0) is 4.79 Å². The SMILES string of the molecule is Cc1ccc(C2CC(=O)Nc3c2cnn3-c2cccc(Cl)c2C)cc1. The maximum absolute atomic E-state index is 12.3. The highest BCUT2D eigenvalue weighted by atomic mass is 35.5. The predicted molar refractivity (Wildman–Crippen MR) is 99.6 cm³/mol. The highest BCUT2D eigenvalue weighted by Crippen LogP contribution is 2.38. The van der Waals surface area contributed by atoms with Crippen LogP contribution in [0.5, 0.6) is 0 Å². The number of nitrogens with one attached hydrogen (secondary N) is 1. The van der Waals surface area contributed by atoms with Crippen LogP contribution in [0.2, 0.25) is 5.02 Å². The molecule has 126 valence electrons. The smallest absolute Gasteiger partial charge is 0.226 e. The van der Waals surface area contributed by atoms with Crippen LogP contribution in [0.4, 0.5) is 5.82 Å². The molecule has 1 aliphatic rings. The van der Waals surface area contributed by atoms with Gasteiger partial charge in [0.25, 0.3) is 0 Å². The molecule has 1 amide bonds. The fourth-order valence-corrected chi connectivity index (χ4v) is 3.49. The predicted octanol–water partition coefficient (Wildman–Crippen LogP) is 4.62.